The Morgan fingerprint density at radius 1 is 1.28 bits per heavy atom. The number of esters is 2. The van der Waals surface area contributed by atoms with Crippen LogP contribution in [-0.4, -0.2) is 57.2 Å². The zero-order chi connectivity index (χ0) is 13.8. The van der Waals surface area contributed by atoms with E-state index in [1.165, 1.54) is 14.2 Å². The summed E-state index contributed by atoms with van der Waals surface area (Å²) in [7, 11) is -1.22. The average Bonchev–Trinajstić information content (AvgIpc) is 2.85. The van der Waals surface area contributed by atoms with Crippen molar-refractivity contribution in [1.29, 1.82) is 0 Å². The molecule has 1 aliphatic rings. The number of hydrogen-bond acceptors (Lipinski definition) is 6. The highest BCUT2D eigenvalue weighted by molar-refractivity contribution is 7.89. The lowest BCUT2D eigenvalue weighted by Crippen LogP contribution is -2.42. The Kier molecular flexibility index (Phi) is 5.09. The maximum Gasteiger partial charge on any atom is 0.324 e. The Labute approximate surface area is 106 Å². The van der Waals surface area contributed by atoms with Gasteiger partial charge in [-0.25, -0.2) is 8.42 Å². The molecular formula is C10H17NO6S. The predicted octanol–water partition coefficient (Wildman–Crippen LogP) is -0.483. The van der Waals surface area contributed by atoms with E-state index in [1.54, 1.807) is 0 Å². The molecule has 1 atom stereocenters. The third kappa shape index (κ3) is 3.42. The van der Waals surface area contributed by atoms with Gasteiger partial charge in [-0.05, 0) is 12.8 Å². The van der Waals surface area contributed by atoms with E-state index in [1.807, 2.05) is 0 Å². The van der Waals surface area contributed by atoms with Crippen LogP contribution in [-0.2, 0) is 29.1 Å². The van der Waals surface area contributed by atoms with Crippen molar-refractivity contribution in [2.45, 2.75) is 25.3 Å². The second-order valence-corrected chi connectivity index (χ2v) is 5.98. The first-order chi connectivity index (χ1) is 8.42. The number of nitrogens with zero attached hydrogens (tertiary/aromatic N) is 1. The fraction of sp³-hybridized carbons (Fsp3) is 0.800. The van der Waals surface area contributed by atoms with Crippen molar-refractivity contribution in [2.24, 2.45) is 0 Å². The summed E-state index contributed by atoms with van der Waals surface area (Å²) < 4.78 is 34.1. The number of sulfonamides is 1. The Balaban J connectivity index is 2.71. The van der Waals surface area contributed by atoms with Gasteiger partial charge in [-0.15, -0.1) is 0 Å². The van der Waals surface area contributed by atoms with Crippen LogP contribution in [0.4, 0.5) is 0 Å². The minimum absolute atomic E-state index is 0.219. The molecule has 0 aliphatic carbocycles. The Hall–Kier alpha value is -1.15. The van der Waals surface area contributed by atoms with E-state index >= 15 is 0 Å². The molecule has 18 heavy (non-hydrogen) atoms. The van der Waals surface area contributed by atoms with E-state index in [4.69, 9.17) is 0 Å². The molecule has 8 heteroatoms. The van der Waals surface area contributed by atoms with Crippen molar-refractivity contribution in [3.8, 4) is 0 Å². The Bertz CT molecular complexity index is 418. The lowest BCUT2D eigenvalue weighted by Gasteiger charge is -2.21. The molecule has 1 aliphatic heterocycles. The van der Waals surface area contributed by atoms with Crippen LogP contribution in [0.5, 0.6) is 0 Å². The summed E-state index contributed by atoms with van der Waals surface area (Å²) in [4.78, 5) is 22.4. The second kappa shape index (κ2) is 6.14. The molecule has 104 valence electrons. The zero-order valence-corrected chi connectivity index (χ0v) is 11.2. The van der Waals surface area contributed by atoms with Gasteiger partial charge in [0.2, 0.25) is 10.0 Å². The lowest BCUT2D eigenvalue weighted by atomic mass is 10.2. The van der Waals surface area contributed by atoms with Gasteiger partial charge in [0.25, 0.3) is 0 Å². The molecule has 0 N–H and O–H groups in total. The fourth-order valence-electron chi connectivity index (χ4n) is 1.88. The maximum atomic E-state index is 12.0. The SMILES string of the molecule is COC(=O)CCS(=O)(=O)N1CCCC1C(=O)OC. The Morgan fingerprint density at radius 3 is 2.50 bits per heavy atom. The van der Waals surface area contributed by atoms with Gasteiger partial charge in [0.1, 0.15) is 6.04 Å². The predicted molar refractivity (Wildman–Crippen MR) is 62.2 cm³/mol. The number of carbonyl (C=O) groups excluding carboxylic acids is 2. The Morgan fingerprint density at radius 2 is 1.94 bits per heavy atom. The van der Waals surface area contributed by atoms with Crippen LogP contribution in [0.2, 0.25) is 0 Å². The van der Waals surface area contributed by atoms with Gasteiger partial charge < -0.3 is 9.47 Å². The van der Waals surface area contributed by atoms with Crippen LogP contribution in [0.1, 0.15) is 19.3 Å². The minimum Gasteiger partial charge on any atom is -0.469 e. The van der Waals surface area contributed by atoms with Gasteiger partial charge in [0.05, 0.1) is 26.4 Å². The highest BCUT2D eigenvalue weighted by Gasteiger charge is 2.39. The summed E-state index contributed by atoms with van der Waals surface area (Å²) in [5, 5.41) is 0. The molecule has 0 aromatic rings. The summed E-state index contributed by atoms with van der Waals surface area (Å²) in [6.45, 7) is 0.281. The van der Waals surface area contributed by atoms with Crippen LogP contribution in [0.25, 0.3) is 0 Å². The van der Waals surface area contributed by atoms with Crippen LogP contribution in [0, 0.1) is 0 Å². The highest BCUT2D eigenvalue weighted by atomic mass is 32.2. The maximum absolute atomic E-state index is 12.0. The summed E-state index contributed by atoms with van der Waals surface area (Å²) >= 11 is 0. The number of hydrogen-bond donors (Lipinski definition) is 0. The first-order valence-electron chi connectivity index (χ1n) is 5.56. The van der Waals surface area contributed by atoms with Crippen molar-refractivity contribution in [1.82, 2.24) is 4.31 Å². The van der Waals surface area contributed by atoms with Crippen molar-refractivity contribution >= 4 is 22.0 Å². The quantitative estimate of drug-likeness (QED) is 0.631. The van der Waals surface area contributed by atoms with Crippen LogP contribution < -0.4 is 0 Å². The smallest absolute Gasteiger partial charge is 0.324 e. The molecule has 0 spiro atoms. The summed E-state index contributed by atoms with van der Waals surface area (Å²) in [6, 6.07) is -0.766. The lowest BCUT2D eigenvalue weighted by molar-refractivity contribution is -0.144. The van der Waals surface area contributed by atoms with Crippen LogP contribution in [0.15, 0.2) is 0 Å². The van der Waals surface area contributed by atoms with Gasteiger partial charge in [-0.1, -0.05) is 0 Å². The third-order valence-corrected chi connectivity index (χ3v) is 4.70. The molecular weight excluding hydrogens is 262 g/mol. The van der Waals surface area contributed by atoms with Gasteiger partial charge >= 0.3 is 11.9 Å². The van der Waals surface area contributed by atoms with Crippen molar-refractivity contribution in [2.75, 3.05) is 26.5 Å². The standard InChI is InChI=1S/C10H17NO6S/c1-16-9(12)5-7-18(14,15)11-6-3-4-8(11)10(13)17-2/h8H,3-7H2,1-2H3. The zero-order valence-electron chi connectivity index (χ0n) is 10.4. The van der Waals surface area contributed by atoms with Crippen molar-refractivity contribution < 1.29 is 27.5 Å². The topological polar surface area (TPSA) is 90.0 Å². The summed E-state index contributed by atoms with van der Waals surface area (Å²) in [5.41, 5.74) is 0. The molecule has 0 aromatic carbocycles. The van der Waals surface area contributed by atoms with E-state index < -0.39 is 28.0 Å². The highest BCUT2D eigenvalue weighted by Crippen LogP contribution is 2.22. The first-order valence-corrected chi connectivity index (χ1v) is 7.17. The summed E-state index contributed by atoms with van der Waals surface area (Å²) in [5.74, 6) is -1.51. The van der Waals surface area contributed by atoms with Gasteiger partial charge in [-0.2, -0.15) is 4.31 Å². The van der Waals surface area contributed by atoms with E-state index in [0.29, 0.717) is 12.8 Å². The molecule has 0 aromatic heterocycles. The molecule has 0 radical (unpaired) electrons. The molecule has 1 saturated heterocycles. The molecule has 0 bridgehead atoms. The van der Waals surface area contributed by atoms with Gasteiger partial charge in [0, 0.05) is 6.54 Å². The number of ether oxygens (including phenoxy) is 2. The molecule has 1 heterocycles. The molecule has 1 fully saturated rings. The third-order valence-electron chi connectivity index (χ3n) is 2.83. The molecule has 1 rings (SSSR count). The van der Waals surface area contributed by atoms with Crippen LogP contribution >= 0.6 is 0 Å². The normalized spacial score (nSPS) is 20.7. The summed E-state index contributed by atoms with van der Waals surface area (Å²) in [6.07, 6.45) is 0.838. The largest absolute Gasteiger partial charge is 0.469 e. The molecule has 1 unspecified atom stereocenters. The molecule has 7 nitrogen and oxygen atoms in total. The van der Waals surface area contributed by atoms with Crippen LogP contribution in [0.3, 0.4) is 0 Å². The van der Waals surface area contributed by atoms with E-state index in [2.05, 4.69) is 9.47 Å². The molecule has 0 amide bonds. The van der Waals surface area contributed by atoms with E-state index in [9.17, 15) is 18.0 Å². The molecule has 0 saturated carbocycles. The van der Waals surface area contributed by atoms with Crippen molar-refractivity contribution in [3.63, 3.8) is 0 Å². The van der Waals surface area contributed by atoms with Gasteiger partial charge in [-0.3, -0.25) is 9.59 Å². The monoisotopic (exact) mass is 279 g/mol. The minimum atomic E-state index is -3.64. The number of rotatable bonds is 5. The number of carbonyl (C=O) groups is 2. The first kappa shape index (κ1) is 14.9. The number of methoxy groups -OCH3 is 2. The van der Waals surface area contributed by atoms with E-state index in [-0.39, 0.29) is 18.7 Å². The van der Waals surface area contributed by atoms with Crippen molar-refractivity contribution in [3.05, 3.63) is 0 Å². The van der Waals surface area contributed by atoms with E-state index in [0.717, 1.165) is 4.31 Å². The fourth-order valence-corrected chi connectivity index (χ4v) is 3.52. The second-order valence-electron chi connectivity index (χ2n) is 3.93. The van der Waals surface area contributed by atoms with Gasteiger partial charge in [0.15, 0.2) is 0 Å². The average molecular weight is 279 g/mol.